The number of likely N-dealkylation sites (tertiary alicyclic amines) is 2. The summed E-state index contributed by atoms with van der Waals surface area (Å²) in [4.78, 5) is 32.4. The number of carbonyl (C=O) groups excluding carboxylic acids is 2. The third-order valence-corrected chi connectivity index (χ3v) is 6.10. The summed E-state index contributed by atoms with van der Waals surface area (Å²) in [5, 5.41) is 0. The molecule has 3 fully saturated rings. The van der Waals surface area contributed by atoms with Gasteiger partial charge in [-0.3, -0.25) is 14.6 Å². The minimum Gasteiger partial charge on any atom is -0.342 e. The average molecular weight is 363 g/mol. The Morgan fingerprint density at radius 1 is 1.19 bits per heavy atom. The highest BCUT2D eigenvalue weighted by atomic mass is 19.3. The Morgan fingerprint density at radius 3 is 2.46 bits per heavy atom. The molecule has 1 spiro atoms. The lowest BCUT2D eigenvalue weighted by Crippen LogP contribution is -2.50. The van der Waals surface area contributed by atoms with E-state index in [9.17, 15) is 18.4 Å². The molecule has 0 N–H and O–H groups in total. The maximum atomic E-state index is 13.0. The van der Waals surface area contributed by atoms with Crippen LogP contribution in [0.3, 0.4) is 0 Å². The van der Waals surface area contributed by atoms with Gasteiger partial charge in [0.2, 0.25) is 17.7 Å². The molecule has 1 saturated carbocycles. The standard InChI is InChI=1S/C19H23F2N3O2/c20-19(21)9-15(10-19)17(26)23-7-3-18(4-8-23)11-16(25)24(13-18)12-14-1-5-22-6-2-14/h1-2,5-6,15H,3-4,7-13H2. The predicted octanol–water partition coefficient (Wildman–Crippen LogP) is 2.47. The van der Waals surface area contributed by atoms with Gasteiger partial charge in [0.15, 0.2) is 0 Å². The van der Waals surface area contributed by atoms with E-state index in [1.54, 1.807) is 17.3 Å². The number of piperidine rings is 1. The Hall–Kier alpha value is -2.05. The average Bonchev–Trinajstić information content (AvgIpc) is 2.89. The molecule has 3 aliphatic rings. The van der Waals surface area contributed by atoms with Gasteiger partial charge in [-0.1, -0.05) is 0 Å². The molecule has 0 radical (unpaired) electrons. The zero-order chi connectivity index (χ0) is 18.4. The summed E-state index contributed by atoms with van der Waals surface area (Å²) in [6.45, 7) is 2.43. The molecule has 2 saturated heterocycles. The van der Waals surface area contributed by atoms with Crippen LogP contribution < -0.4 is 0 Å². The van der Waals surface area contributed by atoms with Crippen LogP contribution in [0.25, 0.3) is 0 Å². The molecule has 5 nitrogen and oxygen atoms in total. The van der Waals surface area contributed by atoms with E-state index in [2.05, 4.69) is 4.98 Å². The summed E-state index contributed by atoms with van der Waals surface area (Å²) in [7, 11) is 0. The molecule has 0 atom stereocenters. The van der Waals surface area contributed by atoms with Crippen LogP contribution in [0.1, 0.15) is 37.7 Å². The molecule has 2 amide bonds. The van der Waals surface area contributed by atoms with Gasteiger partial charge in [0.05, 0.1) is 0 Å². The lowest BCUT2D eigenvalue weighted by Gasteiger charge is -2.42. The minimum absolute atomic E-state index is 0.0789. The van der Waals surface area contributed by atoms with E-state index < -0.39 is 11.8 Å². The quantitative estimate of drug-likeness (QED) is 0.829. The van der Waals surface area contributed by atoms with Gasteiger partial charge >= 0.3 is 0 Å². The van der Waals surface area contributed by atoms with Crippen molar-refractivity contribution >= 4 is 11.8 Å². The Labute approximate surface area is 151 Å². The van der Waals surface area contributed by atoms with Crippen LogP contribution in [-0.4, -0.2) is 52.2 Å². The number of alkyl halides is 2. The third-order valence-electron chi connectivity index (χ3n) is 6.10. The molecule has 0 unspecified atom stereocenters. The van der Waals surface area contributed by atoms with Crippen LogP contribution in [-0.2, 0) is 16.1 Å². The summed E-state index contributed by atoms with van der Waals surface area (Å²) < 4.78 is 26.0. The van der Waals surface area contributed by atoms with E-state index in [1.165, 1.54) is 0 Å². The molecule has 0 aromatic carbocycles. The Balaban J connectivity index is 1.32. The summed E-state index contributed by atoms with van der Waals surface area (Å²) >= 11 is 0. The van der Waals surface area contributed by atoms with Gasteiger partial charge in [-0.05, 0) is 30.5 Å². The number of carbonyl (C=O) groups is 2. The lowest BCUT2D eigenvalue weighted by molar-refractivity contribution is -0.161. The van der Waals surface area contributed by atoms with Crippen molar-refractivity contribution in [2.75, 3.05) is 19.6 Å². The molecule has 7 heteroatoms. The van der Waals surface area contributed by atoms with Crippen molar-refractivity contribution in [1.82, 2.24) is 14.8 Å². The molecule has 1 aromatic rings. The second-order valence-corrected chi connectivity index (χ2v) is 8.07. The molecular formula is C19H23F2N3O2. The number of pyridine rings is 1. The Morgan fingerprint density at radius 2 is 1.85 bits per heavy atom. The second-order valence-electron chi connectivity index (χ2n) is 8.07. The summed E-state index contributed by atoms with van der Waals surface area (Å²) in [6, 6.07) is 3.82. The third kappa shape index (κ3) is 3.31. The largest absolute Gasteiger partial charge is 0.342 e. The van der Waals surface area contributed by atoms with Gasteiger partial charge in [0.25, 0.3) is 0 Å². The van der Waals surface area contributed by atoms with Crippen LogP contribution in [0, 0.1) is 11.3 Å². The molecular weight excluding hydrogens is 340 g/mol. The fourth-order valence-electron chi connectivity index (χ4n) is 4.46. The topological polar surface area (TPSA) is 53.5 Å². The summed E-state index contributed by atoms with van der Waals surface area (Å²) in [6.07, 6.45) is 4.86. The van der Waals surface area contributed by atoms with E-state index in [4.69, 9.17) is 0 Å². The normalized spacial score (nSPS) is 24.8. The van der Waals surface area contributed by atoms with Crippen molar-refractivity contribution in [3.63, 3.8) is 0 Å². The maximum absolute atomic E-state index is 13.0. The van der Waals surface area contributed by atoms with Crippen LogP contribution in [0.4, 0.5) is 8.78 Å². The van der Waals surface area contributed by atoms with Crippen molar-refractivity contribution in [3.8, 4) is 0 Å². The Bertz CT molecular complexity index is 694. The molecule has 3 heterocycles. The number of hydrogen-bond donors (Lipinski definition) is 0. The van der Waals surface area contributed by atoms with Gasteiger partial charge in [0, 0.05) is 69.2 Å². The number of halogens is 2. The summed E-state index contributed by atoms with van der Waals surface area (Å²) in [5.41, 5.74) is 0.980. The van der Waals surface area contributed by atoms with Gasteiger partial charge in [-0.25, -0.2) is 8.78 Å². The molecule has 140 valence electrons. The zero-order valence-corrected chi connectivity index (χ0v) is 14.7. The van der Waals surface area contributed by atoms with E-state index in [-0.39, 0.29) is 30.1 Å². The SMILES string of the molecule is O=C1CC2(CCN(C(=O)C3CC(F)(F)C3)CC2)CN1Cc1ccncc1. The highest BCUT2D eigenvalue weighted by Gasteiger charge is 2.51. The van der Waals surface area contributed by atoms with E-state index in [0.29, 0.717) is 32.6 Å². The first-order chi connectivity index (χ1) is 12.4. The first-order valence-electron chi connectivity index (χ1n) is 9.19. The van der Waals surface area contributed by atoms with Crippen LogP contribution in [0.2, 0.25) is 0 Å². The lowest BCUT2D eigenvalue weighted by atomic mass is 9.76. The predicted molar refractivity (Wildman–Crippen MR) is 90.2 cm³/mol. The second kappa shape index (κ2) is 6.28. The molecule has 2 aliphatic heterocycles. The van der Waals surface area contributed by atoms with Gasteiger partial charge in [-0.15, -0.1) is 0 Å². The highest BCUT2D eigenvalue weighted by Crippen LogP contribution is 2.45. The highest BCUT2D eigenvalue weighted by molar-refractivity contribution is 5.81. The molecule has 1 aliphatic carbocycles. The number of rotatable bonds is 3. The van der Waals surface area contributed by atoms with Crippen molar-refractivity contribution < 1.29 is 18.4 Å². The number of hydrogen-bond acceptors (Lipinski definition) is 3. The van der Waals surface area contributed by atoms with E-state index in [1.807, 2.05) is 17.0 Å². The van der Waals surface area contributed by atoms with Crippen LogP contribution in [0.15, 0.2) is 24.5 Å². The number of amides is 2. The van der Waals surface area contributed by atoms with Crippen LogP contribution in [0.5, 0.6) is 0 Å². The van der Waals surface area contributed by atoms with Crippen molar-refractivity contribution in [1.29, 1.82) is 0 Å². The van der Waals surface area contributed by atoms with Gasteiger partial charge < -0.3 is 9.80 Å². The monoisotopic (exact) mass is 363 g/mol. The number of aromatic nitrogens is 1. The number of nitrogens with zero attached hydrogens (tertiary/aromatic N) is 3. The van der Waals surface area contributed by atoms with Gasteiger partial charge in [-0.2, -0.15) is 0 Å². The molecule has 0 bridgehead atoms. The molecule has 1 aromatic heterocycles. The smallest absolute Gasteiger partial charge is 0.249 e. The maximum Gasteiger partial charge on any atom is 0.249 e. The minimum atomic E-state index is -2.66. The van der Waals surface area contributed by atoms with Gasteiger partial charge in [0.1, 0.15) is 0 Å². The summed E-state index contributed by atoms with van der Waals surface area (Å²) in [5.74, 6) is -3.17. The van der Waals surface area contributed by atoms with Crippen molar-refractivity contribution in [2.24, 2.45) is 11.3 Å². The fraction of sp³-hybridized carbons (Fsp3) is 0.632. The van der Waals surface area contributed by atoms with Crippen molar-refractivity contribution in [3.05, 3.63) is 30.1 Å². The first-order valence-corrected chi connectivity index (χ1v) is 9.19. The zero-order valence-electron chi connectivity index (χ0n) is 14.7. The fourth-order valence-corrected chi connectivity index (χ4v) is 4.46. The molecule has 4 rings (SSSR count). The first kappa shape index (κ1) is 17.4. The Kier molecular flexibility index (Phi) is 4.20. The van der Waals surface area contributed by atoms with Crippen LogP contribution >= 0.6 is 0 Å². The van der Waals surface area contributed by atoms with E-state index in [0.717, 1.165) is 18.4 Å². The van der Waals surface area contributed by atoms with E-state index >= 15 is 0 Å². The molecule has 26 heavy (non-hydrogen) atoms. The van der Waals surface area contributed by atoms with Crippen molar-refractivity contribution in [2.45, 2.75) is 44.6 Å².